The van der Waals surface area contributed by atoms with Crippen LogP contribution in [-0.4, -0.2) is 28.4 Å². The molecule has 20 heavy (non-hydrogen) atoms. The number of hydrogen-bond donors (Lipinski definition) is 2. The SMILES string of the molecule is Cc1[nH]nc(N2CC(CS)CC2=O)c1-c1ccccc1. The monoisotopic (exact) mass is 287 g/mol. The Morgan fingerprint density at radius 3 is 2.80 bits per heavy atom. The van der Waals surface area contributed by atoms with E-state index in [1.807, 2.05) is 37.3 Å². The van der Waals surface area contributed by atoms with Crippen LogP contribution in [0.25, 0.3) is 11.1 Å². The Balaban J connectivity index is 2.02. The molecule has 2 aromatic rings. The minimum Gasteiger partial charge on any atom is -0.294 e. The van der Waals surface area contributed by atoms with Crippen molar-refractivity contribution in [2.45, 2.75) is 13.3 Å². The van der Waals surface area contributed by atoms with Gasteiger partial charge in [0.15, 0.2) is 5.82 Å². The fourth-order valence-corrected chi connectivity index (χ4v) is 2.92. The van der Waals surface area contributed by atoms with E-state index in [-0.39, 0.29) is 5.91 Å². The summed E-state index contributed by atoms with van der Waals surface area (Å²) in [4.78, 5) is 14.0. The molecule has 1 aliphatic heterocycles. The molecule has 1 aliphatic rings. The molecule has 1 atom stereocenters. The Bertz CT molecular complexity index is 623. The van der Waals surface area contributed by atoms with Gasteiger partial charge in [-0.25, -0.2) is 0 Å². The van der Waals surface area contributed by atoms with E-state index < -0.39 is 0 Å². The number of hydrogen-bond acceptors (Lipinski definition) is 3. The molecule has 1 aromatic heterocycles. The Kier molecular flexibility index (Phi) is 3.53. The van der Waals surface area contributed by atoms with Gasteiger partial charge < -0.3 is 0 Å². The number of aromatic amines is 1. The van der Waals surface area contributed by atoms with Crippen molar-refractivity contribution in [3.8, 4) is 11.1 Å². The standard InChI is InChI=1S/C15H17N3OS/c1-10-14(12-5-3-2-4-6-12)15(17-16-10)18-8-11(9-20)7-13(18)19/h2-6,11,20H,7-9H2,1H3,(H,16,17). The molecule has 0 aliphatic carbocycles. The summed E-state index contributed by atoms with van der Waals surface area (Å²) in [6.45, 7) is 2.68. The normalized spacial score (nSPS) is 18.8. The molecule has 1 aromatic carbocycles. The summed E-state index contributed by atoms with van der Waals surface area (Å²) in [5.41, 5.74) is 3.07. The van der Waals surface area contributed by atoms with Crippen molar-refractivity contribution in [2.75, 3.05) is 17.2 Å². The van der Waals surface area contributed by atoms with Crippen molar-refractivity contribution < 1.29 is 4.79 Å². The molecule has 104 valence electrons. The van der Waals surface area contributed by atoms with Crippen LogP contribution < -0.4 is 4.90 Å². The molecular formula is C15H17N3OS. The molecule has 1 saturated heterocycles. The highest BCUT2D eigenvalue weighted by Crippen LogP contribution is 2.35. The smallest absolute Gasteiger partial charge is 0.228 e. The van der Waals surface area contributed by atoms with Crippen LogP contribution in [0.4, 0.5) is 5.82 Å². The second-order valence-corrected chi connectivity index (χ2v) is 5.54. The molecule has 0 bridgehead atoms. The lowest BCUT2D eigenvalue weighted by Crippen LogP contribution is -2.25. The molecule has 5 heteroatoms. The molecule has 1 fully saturated rings. The van der Waals surface area contributed by atoms with Crippen LogP contribution in [0.2, 0.25) is 0 Å². The minimum absolute atomic E-state index is 0.132. The highest BCUT2D eigenvalue weighted by Gasteiger charge is 2.33. The third-order valence-electron chi connectivity index (χ3n) is 3.71. The third-order valence-corrected chi connectivity index (χ3v) is 4.23. The highest BCUT2D eigenvalue weighted by atomic mass is 32.1. The Hall–Kier alpha value is -1.75. The summed E-state index contributed by atoms with van der Waals surface area (Å²) < 4.78 is 0. The number of thiol groups is 1. The van der Waals surface area contributed by atoms with Gasteiger partial charge in [0.1, 0.15) is 0 Å². The number of aromatic nitrogens is 2. The van der Waals surface area contributed by atoms with Crippen molar-refractivity contribution in [1.29, 1.82) is 0 Å². The van der Waals surface area contributed by atoms with Crippen LogP contribution in [0.1, 0.15) is 12.1 Å². The number of aryl methyl sites for hydroxylation is 1. The first kappa shape index (κ1) is 13.2. The van der Waals surface area contributed by atoms with E-state index in [2.05, 4.69) is 22.8 Å². The molecule has 1 amide bonds. The number of carbonyl (C=O) groups excluding carboxylic acids is 1. The first-order valence-electron chi connectivity index (χ1n) is 6.72. The van der Waals surface area contributed by atoms with Crippen molar-refractivity contribution in [1.82, 2.24) is 10.2 Å². The van der Waals surface area contributed by atoms with Gasteiger partial charge in [-0.15, -0.1) is 0 Å². The fourth-order valence-electron chi connectivity index (χ4n) is 2.67. The van der Waals surface area contributed by atoms with Gasteiger partial charge in [-0.05, 0) is 24.2 Å². The van der Waals surface area contributed by atoms with Crippen molar-refractivity contribution in [2.24, 2.45) is 5.92 Å². The van der Waals surface area contributed by atoms with Gasteiger partial charge in [-0.1, -0.05) is 30.3 Å². The average Bonchev–Trinajstić information content (AvgIpc) is 3.02. The molecule has 3 rings (SSSR count). The summed E-state index contributed by atoms with van der Waals surface area (Å²) >= 11 is 4.30. The lowest BCUT2D eigenvalue weighted by atomic mass is 10.1. The van der Waals surface area contributed by atoms with Crippen LogP contribution >= 0.6 is 12.6 Å². The molecule has 0 spiro atoms. The van der Waals surface area contributed by atoms with E-state index in [0.717, 1.165) is 28.4 Å². The van der Waals surface area contributed by atoms with E-state index in [9.17, 15) is 4.79 Å². The van der Waals surface area contributed by atoms with Crippen LogP contribution in [0.3, 0.4) is 0 Å². The Morgan fingerprint density at radius 1 is 1.40 bits per heavy atom. The van der Waals surface area contributed by atoms with Crippen LogP contribution in [0.5, 0.6) is 0 Å². The number of nitrogens with one attached hydrogen (secondary N) is 1. The zero-order valence-corrected chi connectivity index (χ0v) is 12.2. The third kappa shape index (κ3) is 2.22. The first-order valence-corrected chi connectivity index (χ1v) is 7.35. The van der Waals surface area contributed by atoms with Crippen molar-refractivity contribution in [3.63, 3.8) is 0 Å². The van der Waals surface area contributed by atoms with Gasteiger partial charge in [0.05, 0.1) is 0 Å². The molecule has 2 heterocycles. The maximum absolute atomic E-state index is 12.2. The summed E-state index contributed by atoms with van der Waals surface area (Å²) in [5.74, 6) is 1.91. The summed E-state index contributed by atoms with van der Waals surface area (Å²) in [5, 5.41) is 7.35. The fraction of sp³-hybridized carbons (Fsp3) is 0.333. The predicted octanol–water partition coefficient (Wildman–Crippen LogP) is 2.67. The maximum atomic E-state index is 12.2. The zero-order valence-electron chi connectivity index (χ0n) is 11.3. The van der Waals surface area contributed by atoms with Gasteiger partial charge in [0.2, 0.25) is 5.91 Å². The van der Waals surface area contributed by atoms with Crippen LogP contribution in [-0.2, 0) is 4.79 Å². The van der Waals surface area contributed by atoms with Gasteiger partial charge >= 0.3 is 0 Å². The first-order chi connectivity index (χ1) is 9.70. The van der Waals surface area contributed by atoms with E-state index in [4.69, 9.17) is 0 Å². The van der Waals surface area contributed by atoms with E-state index in [1.165, 1.54) is 0 Å². The van der Waals surface area contributed by atoms with Crippen molar-refractivity contribution >= 4 is 24.4 Å². The van der Waals surface area contributed by atoms with E-state index in [0.29, 0.717) is 18.9 Å². The number of benzene rings is 1. The topological polar surface area (TPSA) is 49.0 Å². The number of rotatable bonds is 3. The van der Waals surface area contributed by atoms with Gasteiger partial charge in [-0.3, -0.25) is 14.8 Å². The largest absolute Gasteiger partial charge is 0.294 e. The van der Waals surface area contributed by atoms with E-state index in [1.54, 1.807) is 4.90 Å². The van der Waals surface area contributed by atoms with Gasteiger partial charge in [-0.2, -0.15) is 17.7 Å². The Labute approximate surface area is 123 Å². The lowest BCUT2D eigenvalue weighted by molar-refractivity contribution is -0.117. The molecular weight excluding hydrogens is 270 g/mol. The van der Waals surface area contributed by atoms with Crippen molar-refractivity contribution in [3.05, 3.63) is 36.0 Å². The second kappa shape index (κ2) is 5.32. The van der Waals surface area contributed by atoms with E-state index >= 15 is 0 Å². The number of amides is 1. The zero-order chi connectivity index (χ0) is 14.1. The minimum atomic E-state index is 0.132. The summed E-state index contributed by atoms with van der Waals surface area (Å²) in [6, 6.07) is 10.0. The molecule has 4 nitrogen and oxygen atoms in total. The molecule has 0 saturated carbocycles. The lowest BCUT2D eigenvalue weighted by Gasteiger charge is -2.15. The highest BCUT2D eigenvalue weighted by molar-refractivity contribution is 7.80. The van der Waals surface area contributed by atoms with Gasteiger partial charge in [0.25, 0.3) is 0 Å². The molecule has 1 N–H and O–H groups in total. The van der Waals surface area contributed by atoms with Gasteiger partial charge in [0, 0.05) is 24.2 Å². The number of nitrogens with zero attached hydrogens (tertiary/aromatic N) is 2. The molecule has 0 radical (unpaired) electrons. The summed E-state index contributed by atoms with van der Waals surface area (Å²) in [6.07, 6.45) is 0.559. The predicted molar refractivity (Wildman–Crippen MR) is 83.1 cm³/mol. The molecule has 1 unspecified atom stereocenters. The number of anilines is 1. The number of carbonyl (C=O) groups is 1. The maximum Gasteiger partial charge on any atom is 0.228 e. The summed E-state index contributed by atoms with van der Waals surface area (Å²) in [7, 11) is 0. The average molecular weight is 287 g/mol. The van der Waals surface area contributed by atoms with Crippen LogP contribution in [0.15, 0.2) is 30.3 Å². The number of H-pyrrole nitrogens is 1. The Morgan fingerprint density at radius 2 is 2.15 bits per heavy atom. The van der Waals surface area contributed by atoms with Crippen LogP contribution in [0, 0.1) is 12.8 Å². The quantitative estimate of drug-likeness (QED) is 0.853. The second-order valence-electron chi connectivity index (χ2n) is 5.17.